The van der Waals surface area contributed by atoms with E-state index < -0.39 is 0 Å². The Bertz CT molecular complexity index is 1250. The van der Waals surface area contributed by atoms with E-state index in [1.54, 1.807) is 0 Å². The smallest absolute Gasteiger partial charge is 0.232 e. The minimum Gasteiger partial charge on any atom is -0.372 e. The van der Waals surface area contributed by atoms with Crippen molar-refractivity contribution in [3.63, 3.8) is 0 Å². The second-order valence-corrected chi connectivity index (χ2v) is 11.3. The van der Waals surface area contributed by atoms with Crippen LogP contribution in [0.3, 0.4) is 0 Å². The normalized spacial score (nSPS) is 19.0. The maximum atomic E-state index is 5.66. The van der Waals surface area contributed by atoms with Crippen LogP contribution in [0.2, 0.25) is 0 Å². The largest absolute Gasteiger partial charge is 0.372 e. The molecule has 7 nitrogen and oxygen atoms in total. The van der Waals surface area contributed by atoms with Crippen LogP contribution in [0.4, 0.5) is 23.3 Å². The number of anilines is 4. The number of hydrogen-bond acceptors (Lipinski definition) is 6. The van der Waals surface area contributed by atoms with E-state index in [-0.39, 0.29) is 0 Å². The van der Waals surface area contributed by atoms with Crippen molar-refractivity contribution in [2.75, 3.05) is 46.2 Å². The summed E-state index contributed by atoms with van der Waals surface area (Å²) >= 11 is 5.66. The van der Waals surface area contributed by atoms with Gasteiger partial charge in [-0.25, -0.2) is 0 Å². The van der Waals surface area contributed by atoms with Gasteiger partial charge in [-0.15, -0.1) is 0 Å². The first-order valence-corrected chi connectivity index (χ1v) is 14.4. The van der Waals surface area contributed by atoms with Crippen molar-refractivity contribution in [1.82, 2.24) is 15.3 Å². The molecule has 198 valence electrons. The van der Waals surface area contributed by atoms with Crippen molar-refractivity contribution in [3.8, 4) is 0 Å². The Hall–Kier alpha value is -3.39. The van der Waals surface area contributed by atoms with Crippen LogP contribution in [0.1, 0.15) is 49.3 Å². The maximum absolute atomic E-state index is 5.66. The zero-order valence-corrected chi connectivity index (χ0v) is 23.0. The minimum atomic E-state index is 0.536. The van der Waals surface area contributed by atoms with Gasteiger partial charge in [-0.2, -0.15) is 9.97 Å². The Morgan fingerprint density at radius 1 is 0.868 bits per heavy atom. The van der Waals surface area contributed by atoms with E-state index in [0.717, 1.165) is 50.9 Å². The summed E-state index contributed by atoms with van der Waals surface area (Å²) in [6, 6.07) is 19.6. The molecule has 2 N–H and O–H groups in total. The monoisotopic (exact) mass is 527 g/mol. The van der Waals surface area contributed by atoms with Crippen LogP contribution < -0.4 is 25.3 Å². The van der Waals surface area contributed by atoms with Gasteiger partial charge in [0.05, 0.1) is 0 Å². The Balaban J connectivity index is 1.15. The zero-order valence-electron chi connectivity index (χ0n) is 22.2. The molecule has 0 bridgehead atoms. The number of fused-ring (bicyclic) bond motifs is 1. The molecule has 0 amide bonds. The predicted molar refractivity (Wildman–Crippen MR) is 160 cm³/mol. The first kappa shape index (κ1) is 24.9. The van der Waals surface area contributed by atoms with Crippen LogP contribution >= 0.6 is 12.2 Å². The van der Waals surface area contributed by atoms with Gasteiger partial charge >= 0.3 is 0 Å². The molecule has 1 atom stereocenters. The summed E-state index contributed by atoms with van der Waals surface area (Å²) < 4.78 is 0. The summed E-state index contributed by atoms with van der Waals surface area (Å²) in [7, 11) is 0. The molecule has 0 aliphatic carbocycles. The number of aromatic nitrogens is 2. The molecular formula is C30H37N7S. The highest BCUT2D eigenvalue weighted by molar-refractivity contribution is 7.80. The van der Waals surface area contributed by atoms with Gasteiger partial charge in [0.15, 0.2) is 5.11 Å². The van der Waals surface area contributed by atoms with Gasteiger partial charge in [-0.05, 0) is 72.6 Å². The lowest BCUT2D eigenvalue weighted by molar-refractivity contribution is 0.444. The molecule has 0 unspecified atom stereocenters. The van der Waals surface area contributed by atoms with Crippen molar-refractivity contribution in [3.05, 3.63) is 71.3 Å². The molecule has 2 saturated heterocycles. The average molecular weight is 528 g/mol. The van der Waals surface area contributed by atoms with Crippen molar-refractivity contribution in [2.24, 2.45) is 5.92 Å². The predicted octanol–water partition coefficient (Wildman–Crippen LogP) is 5.32. The van der Waals surface area contributed by atoms with E-state index in [4.69, 9.17) is 22.2 Å². The van der Waals surface area contributed by atoms with Crippen molar-refractivity contribution in [1.29, 1.82) is 0 Å². The first-order valence-electron chi connectivity index (χ1n) is 14.0. The van der Waals surface area contributed by atoms with Gasteiger partial charge < -0.3 is 25.3 Å². The summed E-state index contributed by atoms with van der Waals surface area (Å²) in [4.78, 5) is 17.0. The molecule has 2 aromatic carbocycles. The van der Waals surface area contributed by atoms with Crippen LogP contribution in [0.15, 0.2) is 54.6 Å². The SMILES string of the molecule is C[C@H]1CCCN(c2cc(N3Cc4ccccc4C3)nc(NC(=S)NCc3ccc(N4CCCC4)cc3)n2)C1. The van der Waals surface area contributed by atoms with Gasteiger partial charge in [-0.3, -0.25) is 0 Å². The molecule has 8 heteroatoms. The number of thiocarbonyl (C=S) groups is 1. The van der Waals surface area contributed by atoms with Crippen molar-refractivity contribution < 1.29 is 0 Å². The fourth-order valence-corrected chi connectivity index (χ4v) is 5.99. The highest BCUT2D eigenvalue weighted by Crippen LogP contribution is 2.31. The van der Waals surface area contributed by atoms with Crippen LogP contribution in [-0.2, 0) is 19.6 Å². The lowest BCUT2D eigenvalue weighted by Crippen LogP contribution is -2.35. The molecule has 4 heterocycles. The summed E-state index contributed by atoms with van der Waals surface area (Å²) in [5.74, 6) is 3.12. The van der Waals surface area contributed by atoms with Gasteiger partial charge in [0.1, 0.15) is 11.6 Å². The van der Waals surface area contributed by atoms with E-state index in [1.165, 1.54) is 48.1 Å². The molecule has 3 aliphatic heterocycles. The Morgan fingerprint density at radius 2 is 1.53 bits per heavy atom. The van der Waals surface area contributed by atoms with Crippen molar-refractivity contribution >= 4 is 40.6 Å². The van der Waals surface area contributed by atoms with Crippen LogP contribution in [0, 0.1) is 5.92 Å². The van der Waals surface area contributed by atoms with Gasteiger partial charge in [0, 0.05) is 57.6 Å². The third-order valence-electron chi connectivity index (χ3n) is 7.93. The molecule has 3 aliphatic rings. The highest BCUT2D eigenvalue weighted by Gasteiger charge is 2.24. The van der Waals surface area contributed by atoms with Gasteiger partial charge in [-0.1, -0.05) is 43.3 Å². The lowest BCUT2D eigenvalue weighted by atomic mass is 10.0. The number of nitrogens with one attached hydrogen (secondary N) is 2. The summed E-state index contributed by atoms with van der Waals surface area (Å²) in [6.45, 7) is 9.06. The zero-order chi connectivity index (χ0) is 25.9. The fourth-order valence-electron chi connectivity index (χ4n) is 5.82. The lowest BCUT2D eigenvalue weighted by Gasteiger charge is -2.32. The summed E-state index contributed by atoms with van der Waals surface area (Å²) in [5.41, 5.74) is 5.23. The topological polar surface area (TPSA) is 59.6 Å². The Morgan fingerprint density at radius 3 is 2.21 bits per heavy atom. The maximum Gasteiger partial charge on any atom is 0.232 e. The van der Waals surface area contributed by atoms with Crippen LogP contribution in [0.25, 0.3) is 0 Å². The molecule has 0 saturated carbocycles. The molecular weight excluding hydrogens is 490 g/mol. The average Bonchev–Trinajstić information content (AvgIpc) is 3.63. The van der Waals surface area contributed by atoms with E-state index in [2.05, 4.69) is 86.9 Å². The molecule has 2 fully saturated rings. The molecule has 38 heavy (non-hydrogen) atoms. The molecule has 1 aromatic heterocycles. The van der Waals surface area contributed by atoms with E-state index in [1.807, 2.05) is 0 Å². The second kappa shape index (κ2) is 11.2. The van der Waals surface area contributed by atoms with E-state index >= 15 is 0 Å². The fraction of sp³-hybridized carbons (Fsp3) is 0.433. The van der Waals surface area contributed by atoms with Crippen LogP contribution in [0.5, 0.6) is 0 Å². The third-order valence-corrected chi connectivity index (χ3v) is 8.18. The number of nitrogens with zero attached hydrogens (tertiary/aromatic N) is 5. The summed E-state index contributed by atoms with van der Waals surface area (Å²) in [5, 5.41) is 7.16. The highest BCUT2D eigenvalue weighted by atomic mass is 32.1. The summed E-state index contributed by atoms with van der Waals surface area (Å²) in [6.07, 6.45) is 5.04. The number of rotatable bonds is 6. The number of piperidine rings is 1. The minimum absolute atomic E-state index is 0.536. The first-order chi connectivity index (χ1) is 18.6. The van der Waals surface area contributed by atoms with Gasteiger partial charge in [0.25, 0.3) is 0 Å². The molecule has 6 rings (SSSR count). The Kier molecular flexibility index (Phi) is 7.31. The number of benzene rings is 2. The van der Waals surface area contributed by atoms with Crippen molar-refractivity contribution in [2.45, 2.75) is 52.2 Å². The quantitative estimate of drug-likeness (QED) is 0.418. The van der Waals surface area contributed by atoms with E-state index in [9.17, 15) is 0 Å². The van der Waals surface area contributed by atoms with E-state index in [0.29, 0.717) is 23.5 Å². The van der Waals surface area contributed by atoms with Crippen LogP contribution in [-0.4, -0.2) is 41.3 Å². The van der Waals surface area contributed by atoms with Gasteiger partial charge in [0.2, 0.25) is 5.95 Å². The Labute approximate surface area is 231 Å². The molecule has 3 aromatic rings. The third kappa shape index (κ3) is 5.70. The molecule has 0 radical (unpaired) electrons. The standard InChI is InChI=1S/C30H37N7S/c1-22-7-6-16-36(19-22)27-17-28(37-20-24-8-2-3-9-25(24)21-37)33-29(32-27)34-30(38)31-18-23-10-12-26(13-11-23)35-14-4-5-15-35/h2-3,8-13,17,22H,4-7,14-16,18-21H2,1H3,(H2,31,32,33,34,38)/t22-/m0/s1. The second-order valence-electron chi connectivity index (χ2n) is 10.9. The molecule has 0 spiro atoms. The number of hydrogen-bond donors (Lipinski definition) is 2.